The van der Waals surface area contributed by atoms with Crippen LogP contribution < -0.4 is 20.7 Å². The zero-order valence-corrected chi connectivity index (χ0v) is 21.0. The Morgan fingerprint density at radius 2 is 1.69 bits per heavy atom. The van der Waals surface area contributed by atoms with E-state index in [4.69, 9.17) is 10.5 Å². The number of nitrogens with two attached hydrogens (primary N) is 1. The Labute approximate surface area is 223 Å². The number of likely N-dealkylation sites (tertiary alicyclic amines) is 1. The lowest BCUT2D eigenvalue weighted by Gasteiger charge is -2.26. The molecular formula is C28H28F4N4O3. The summed E-state index contributed by atoms with van der Waals surface area (Å²) in [5.74, 6) is -0.613. The lowest BCUT2D eigenvalue weighted by molar-refractivity contribution is -0.137. The monoisotopic (exact) mass is 544 g/mol. The zero-order chi connectivity index (χ0) is 28.0. The number of nitrogens with zero attached hydrogens (tertiary/aromatic N) is 2. The minimum absolute atomic E-state index is 0.0354. The van der Waals surface area contributed by atoms with Crippen molar-refractivity contribution in [3.8, 4) is 11.5 Å². The first kappa shape index (κ1) is 27.9. The summed E-state index contributed by atoms with van der Waals surface area (Å²) in [5, 5.41) is 2.51. The number of alkyl halides is 3. The fourth-order valence-corrected chi connectivity index (χ4v) is 4.21. The first-order valence-electron chi connectivity index (χ1n) is 12.3. The summed E-state index contributed by atoms with van der Waals surface area (Å²) in [6.07, 6.45) is -4.03. The molecule has 0 radical (unpaired) electrons. The average Bonchev–Trinajstić information content (AvgIpc) is 3.34. The molecule has 0 aromatic heterocycles. The highest BCUT2D eigenvalue weighted by Gasteiger charge is 2.31. The van der Waals surface area contributed by atoms with Gasteiger partial charge in [-0.2, -0.15) is 13.2 Å². The van der Waals surface area contributed by atoms with Crippen molar-refractivity contribution in [2.24, 2.45) is 5.73 Å². The number of para-hydroxylation sites is 1. The van der Waals surface area contributed by atoms with Crippen molar-refractivity contribution in [1.82, 2.24) is 10.2 Å². The van der Waals surface area contributed by atoms with E-state index in [2.05, 4.69) is 5.32 Å². The van der Waals surface area contributed by atoms with Gasteiger partial charge in [0.2, 0.25) is 11.8 Å². The number of hydrogen-bond acceptors (Lipinski definition) is 5. The number of halogens is 4. The third-order valence-corrected chi connectivity index (χ3v) is 6.19. The molecule has 0 saturated carbocycles. The fraction of sp³-hybridized carbons (Fsp3) is 0.286. The molecule has 11 heteroatoms. The van der Waals surface area contributed by atoms with Gasteiger partial charge in [0.15, 0.2) is 0 Å². The topological polar surface area (TPSA) is 87.9 Å². The standard InChI is InChI=1S/C28H28F4N4O3/c29-21-13-19(12-20(14-21)28(30,31)32)15-34-26(37)17-36(18-27(38)35-11-10-22(33)16-35)23-6-8-25(9-7-23)39-24-4-2-1-3-5-24/h1-9,12-14,22H,10-11,15-18,33H2,(H,34,37). The number of carbonyl (C=O) groups excluding carboxylic acids is 2. The molecule has 1 aliphatic rings. The van der Waals surface area contributed by atoms with Crippen molar-refractivity contribution in [3.05, 3.63) is 89.7 Å². The lowest BCUT2D eigenvalue weighted by atomic mass is 10.1. The molecule has 0 bridgehead atoms. The molecule has 1 atom stereocenters. The van der Waals surface area contributed by atoms with Crippen LogP contribution >= 0.6 is 0 Å². The Hall–Kier alpha value is -4.12. The second kappa shape index (κ2) is 12.2. The number of rotatable bonds is 9. The predicted octanol–water partition coefficient (Wildman–Crippen LogP) is 4.32. The molecule has 0 aliphatic carbocycles. The minimum Gasteiger partial charge on any atom is -0.457 e. The largest absolute Gasteiger partial charge is 0.457 e. The summed E-state index contributed by atoms with van der Waals surface area (Å²) in [6.45, 7) is 0.254. The molecule has 3 N–H and O–H groups in total. The van der Waals surface area contributed by atoms with Crippen LogP contribution in [-0.2, 0) is 22.3 Å². The highest BCUT2D eigenvalue weighted by molar-refractivity contribution is 5.86. The summed E-state index contributed by atoms with van der Waals surface area (Å²) < 4.78 is 58.6. The average molecular weight is 545 g/mol. The van der Waals surface area contributed by atoms with Gasteiger partial charge in [-0.3, -0.25) is 9.59 Å². The number of hydrogen-bond donors (Lipinski definition) is 2. The quantitative estimate of drug-likeness (QED) is 0.392. The smallest absolute Gasteiger partial charge is 0.416 e. The number of ether oxygens (including phenoxy) is 1. The molecular weight excluding hydrogens is 516 g/mol. The molecule has 39 heavy (non-hydrogen) atoms. The maximum atomic E-state index is 13.7. The van der Waals surface area contributed by atoms with Crippen molar-refractivity contribution in [1.29, 1.82) is 0 Å². The first-order chi connectivity index (χ1) is 18.6. The number of carbonyl (C=O) groups is 2. The van der Waals surface area contributed by atoms with E-state index in [0.29, 0.717) is 42.8 Å². The second-order valence-electron chi connectivity index (χ2n) is 9.28. The van der Waals surface area contributed by atoms with Gasteiger partial charge in [0.05, 0.1) is 18.7 Å². The van der Waals surface area contributed by atoms with Gasteiger partial charge < -0.3 is 25.6 Å². The van der Waals surface area contributed by atoms with Crippen LogP contribution in [0.2, 0.25) is 0 Å². The van der Waals surface area contributed by atoms with E-state index in [0.717, 1.165) is 12.1 Å². The van der Waals surface area contributed by atoms with Gasteiger partial charge in [-0.05, 0) is 66.6 Å². The minimum atomic E-state index is -4.72. The van der Waals surface area contributed by atoms with Crippen LogP contribution in [0.4, 0.5) is 23.2 Å². The van der Waals surface area contributed by atoms with Gasteiger partial charge in [0, 0.05) is 31.4 Å². The fourth-order valence-electron chi connectivity index (χ4n) is 4.21. The molecule has 2 amide bonds. The molecule has 4 rings (SSSR count). The Bertz CT molecular complexity index is 1290. The van der Waals surface area contributed by atoms with Crippen LogP contribution in [0.25, 0.3) is 0 Å². The van der Waals surface area contributed by atoms with Gasteiger partial charge in [0.1, 0.15) is 17.3 Å². The number of anilines is 1. The van der Waals surface area contributed by atoms with Crippen LogP contribution in [-0.4, -0.2) is 48.9 Å². The number of amides is 2. The summed E-state index contributed by atoms with van der Waals surface area (Å²) in [4.78, 5) is 28.9. The molecule has 7 nitrogen and oxygen atoms in total. The van der Waals surface area contributed by atoms with Gasteiger partial charge in [-0.1, -0.05) is 18.2 Å². The Balaban J connectivity index is 1.45. The highest BCUT2D eigenvalue weighted by atomic mass is 19.4. The molecule has 3 aromatic rings. The van der Waals surface area contributed by atoms with Crippen molar-refractivity contribution in [3.63, 3.8) is 0 Å². The normalized spacial score (nSPS) is 15.2. The lowest BCUT2D eigenvalue weighted by Crippen LogP contribution is -2.44. The third-order valence-electron chi connectivity index (χ3n) is 6.19. The van der Waals surface area contributed by atoms with E-state index < -0.39 is 23.5 Å². The van der Waals surface area contributed by atoms with E-state index in [-0.39, 0.29) is 37.1 Å². The van der Waals surface area contributed by atoms with Crippen molar-refractivity contribution in [2.75, 3.05) is 31.1 Å². The van der Waals surface area contributed by atoms with Gasteiger partial charge in [-0.25, -0.2) is 4.39 Å². The number of benzene rings is 3. The molecule has 1 heterocycles. The second-order valence-corrected chi connectivity index (χ2v) is 9.28. The zero-order valence-electron chi connectivity index (χ0n) is 21.0. The molecule has 206 valence electrons. The summed E-state index contributed by atoms with van der Waals surface area (Å²) in [5.41, 5.74) is 5.31. The predicted molar refractivity (Wildman–Crippen MR) is 138 cm³/mol. The SMILES string of the molecule is NC1CCN(C(=O)CN(CC(=O)NCc2cc(F)cc(C(F)(F)F)c2)c2ccc(Oc3ccccc3)cc2)C1. The van der Waals surface area contributed by atoms with E-state index in [1.807, 2.05) is 18.2 Å². The van der Waals surface area contributed by atoms with E-state index in [1.54, 1.807) is 46.2 Å². The summed E-state index contributed by atoms with van der Waals surface area (Å²) in [6, 6.07) is 18.0. The molecule has 1 fully saturated rings. The molecule has 1 saturated heterocycles. The molecule has 3 aromatic carbocycles. The Kier molecular flexibility index (Phi) is 8.70. The van der Waals surface area contributed by atoms with Crippen LogP contribution in [0.15, 0.2) is 72.8 Å². The maximum absolute atomic E-state index is 13.7. The number of nitrogens with one attached hydrogen (secondary N) is 1. The third kappa shape index (κ3) is 7.93. The summed E-state index contributed by atoms with van der Waals surface area (Å²) >= 11 is 0. The molecule has 1 unspecified atom stereocenters. The highest BCUT2D eigenvalue weighted by Crippen LogP contribution is 2.30. The van der Waals surface area contributed by atoms with Gasteiger partial charge in [0.25, 0.3) is 0 Å². The maximum Gasteiger partial charge on any atom is 0.416 e. The van der Waals surface area contributed by atoms with Crippen LogP contribution in [0, 0.1) is 5.82 Å². The van der Waals surface area contributed by atoms with E-state index in [9.17, 15) is 27.2 Å². The Morgan fingerprint density at radius 1 is 1.00 bits per heavy atom. The van der Waals surface area contributed by atoms with Crippen LogP contribution in [0.3, 0.4) is 0 Å². The first-order valence-corrected chi connectivity index (χ1v) is 12.3. The summed E-state index contributed by atoms with van der Waals surface area (Å²) in [7, 11) is 0. The molecule has 1 aliphatic heterocycles. The van der Waals surface area contributed by atoms with Crippen molar-refractivity contribution < 1.29 is 31.9 Å². The molecule has 0 spiro atoms. The van der Waals surface area contributed by atoms with Crippen LogP contribution in [0.5, 0.6) is 11.5 Å². The Morgan fingerprint density at radius 3 is 2.33 bits per heavy atom. The van der Waals surface area contributed by atoms with Gasteiger partial charge >= 0.3 is 6.18 Å². The van der Waals surface area contributed by atoms with Crippen LogP contribution in [0.1, 0.15) is 17.5 Å². The van der Waals surface area contributed by atoms with Gasteiger partial charge in [-0.15, -0.1) is 0 Å². The van der Waals surface area contributed by atoms with E-state index in [1.165, 1.54) is 0 Å². The van der Waals surface area contributed by atoms with Crippen molar-refractivity contribution in [2.45, 2.75) is 25.2 Å². The van der Waals surface area contributed by atoms with E-state index >= 15 is 0 Å². The van der Waals surface area contributed by atoms with Crippen molar-refractivity contribution >= 4 is 17.5 Å².